The second-order valence-electron chi connectivity index (χ2n) is 3.17. The zero-order chi connectivity index (χ0) is 13.9. The summed E-state index contributed by atoms with van der Waals surface area (Å²) < 4.78 is 24.7. The Morgan fingerprint density at radius 1 is 1.06 bits per heavy atom. The van der Waals surface area contributed by atoms with Gasteiger partial charge in [0.25, 0.3) is 10.2 Å². The average Bonchev–Trinajstić information content (AvgIpc) is 2.18. The van der Waals surface area contributed by atoms with E-state index in [1.165, 1.54) is 4.31 Å². The van der Waals surface area contributed by atoms with Crippen LogP contribution in [0, 0.1) is 0 Å². The maximum absolute atomic E-state index is 12.2. The monoisotopic (exact) mass is 344 g/mol. The molecule has 0 spiro atoms. The van der Waals surface area contributed by atoms with Gasteiger partial charge in [-0.3, -0.25) is 0 Å². The van der Waals surface area contributed by atoms with Gasteiger partial charge in [0.2, 0.25) is 3.79 Å². The zero-order valence-electron chi connectivity index (χ0n) is 9.83. The van der Waals surface area contributed by atoms with Gasteiger partial charge in [0.1, 0.15) is 5.50 Å². The summed E-state index contributed by atoms with van der Waals surface area (Å²) in [5.74, 6) is 0. The van der Waals surface area contributed by atoms with Crippen LogP contribution >= 0.6 is 46.4 Å². The van der Waals surface area contributed by atoms with Crippen LogP contribution in [0.15, 0.2) is 0 Å². The van der Waals surface area contributed by atoms with E-state index < -0.39 is 19.5 Å². The molecule has 9 heteroatoms. The first kappa shape index (κ1) is 18.0. The maximum atomic E-state index is 12.2. The van der Waals surface area contributed by atoms with Gasteiger partial charge in [0.15, 0.2) is 0 Å². The molecule has 0 heterocycles. The summed E-state index contributed by atoms with van der Waals surface area (Å²) in [7, 11) is -3.71. The molecule has 0 aliphatic heterocycles. The summed E-state index contributed by atoms with van der Waals surface area (Å²) in [4.78, 5) is 0. The summed E-state index contributed by atoms with van der Waals surface area (Å²) in [6.45, 7) is 5.88. The minimum atomic E-state index is -3.71. The Labute approximate surface area is 123 Å². The van der Waals surface area contributed by atoms with Crippen molar-refractivity contribution in [2.24, 2.45) is 0 Å². The first-order valence-corrected chi connectivity index (χ1v) is 8.07. The SMILES string of the molecule is CCN(CC)S(=O)(=O)N(CC)C(Cl)C(Cl)(Cl)Cl. The van der Waals surface area contributed by atoms with Gasteiger partial charge in [-0.05, 0) is 0 Å². The van der Waals surface area contributed by atoms with Crippen molar-refractivity contribution in [2.75, 3.05) is 19.6 Å². The lowest BCUT2D eigenvalue weighted by Crippen LogP contribution is -2.50. The van der Waals surface area contributed by atoms with Crippen LogP contribution in [-0.2, 0) is 10.2 Å². The van der Waals surface area contributed by atoms with E-state index >= 15 is 0 Å². The van der Waals surface area contributed by atoms with Gasteiger partial charge in [-0.1, -0.05) is 67.2 Å². The second-order valence-corrected chi connectivity index (χ2v) is 7.84. The molecule has 0 saturated carbocycles. The number of rotatable bonds is 6. The van der Waals surface area contributed by atoms with Crippen LogP contribution in [-0.4, -0.2) is 46.0 Å². The molecule has 0 aliphatic rings. The smallest absolute Gasteiger partial charge is 0.195 e. The Bertz CT molecular complexity index is 327. The minimum absolute atomic E-state index is 0.126. The van der Waals surface area contributed by atoms with Crippen molar-refractivity contribution in [3.63, 3.8) is 0 Å². The van der Waals surface area contributed by atoms with Crippen molar-refractivity contribution in [1.29, 1.82) is 0 Å². The van der Waals surface area contributed by atoms with Gasteiger partial charge >= 0.3 is 0 Å². The van der Waals surface area contributed by atoms with Crippen LogP contribution in [0.4, 0.5) is 0 Å². The Balaban J connectivity index is 5.26. The van der Waals surface area contributed by atoms with Crippen LogP contribution in [0.3, 0.4) is 0 Å². The van der Waals surface area contributed by atoms with Crippen molar-refractivity contribution in [3.05, 3.63) is 0 Å². The van der Waals surface area contributed by atoms with Crippen molar-refractivity contribution in [2.45, 2.75) is 30.1 Å². The molecule has 0 bridgehead atoms. The predicted molar refractivity (Wildman–Crippen MR) is 74.2 cm³/mol. The minimum Gasteiger partial charge on any atom is -0.195 e. The van der Waals surface area contributed by atoms with E-state index in [2.05, 4.69) is 0 Å². The van der Waals surface area contributed by atoms with E-state index in [0.29, 0.717) is 13.1 Å². The first-order chi connectivity index (χ1) is 7.62. The Hall–Kier alpha value is 1.03. The van der Waals surface area contributed by atoms with Crippen molar-refractivity contribution in [1.82, 2.24) is 8.61 Å². The standard InChI is InChI=1S/C8H16Cl4N2O2S/c1-4-13(5-2)17(15,16)14(6-3)7(9)8(10,11)12/h7H,4-6H2,1-3H3. The molecule has 0 N–H and O–H groups in total. The highest BCUT2D eigenvalue weighted by atomic mass is 35.6. The van der Waals surface area contributed by atoms with E-state index in [-0.39, 0.29) is 6.54 Å². The fourth-order valence-electron chi connectivity index (χ4n) is 1.30. The number of hydrogen-bond donors (Lipinski definition) is 0. The molecular formula is C8H16Cl4N2O2S. The molecule has 1 unspecified atom stereocenters. The Morgan fingerprint density at radius 2 is 1.47 bits per heavy atom. The van der Waals surface area contributed by atoms with Crippen LogP contribution in [0.1, 0.15) is 20.8 Å². The molecule has 0 rings (SSSR count). The highest BCUT2D eigenvalue weighted by Crippen LogP contribution is 2.37. The zero-order valence-corrected chi connectivity index (χ0v) is 13.7. The number of halogens is 4. The predicted octanol–water partition coefficient (Wildman–Crippen LogP) is 2.83. The van der Waals surface area contributed by atoms with Crippen LogP contribution < -0.4 is 0 Å². The molecule has 0 radical (unpaired) electrons. The second kappa shape index (κ2) is 6.98. The molecule has 0 fully saturated rings. The van der Waals surface area contributed by atoms with Crippen molar-refractivity contribution < 1.29 is 8.42 Å². The van der Waals surface area contributed by atoms with E-state index in [1.54, 1.807) is 20.8 Å². The van der Waals surface area contributed by atoms with Gasteiger partial charge in [-0.25, -0.2) is 0 Å². The lowest BCUT2D eigenvalue weighted by atomic mass is 10.6. The molecule has 0 aromatic heterocycles. The molecule has 17 heavy (non-hydrogen) atoms. The number of hydrogen-bond acceptors (Lipinski definition) is 2. The van der Waals surface area contributed by atoms with Crippen molar-refractivity contribution >= 4 is 56.6 Å². The Kier molecular flexibility index (Phi) is 7.41. The summed E-state index contributed by atoms with van der Waals surface area (Å²) in [6, 6.07) is 0. The molecule has 4 nitrogen and oxygen atoms in total. The number of nitrogens with zero attached hydrogens (tertiary/aromatic N) is 2. The fraction of sp³-hybridized carbons (Fsp3) is 1.00. The Morgan fingerprint density at radius 3 is 1.71 bits per heavy atom. The lowest BCUT2D eigenvalue weighted by Gasteiger charge is -2.33. The molecule has 0 saturated heterocycles. The third kappa shape index (κ3) is 4.56. The maximum Gasteiger partial charge on any atom is 0.283 e. The van der Waals surface area contributed by atoms with E-state index in [4.69, 9.17) is 46.4 Å². The topological polar surface area (TPSA) is 40.6 Å². The molecule has 0 aromatic rings. The third-order valence-corrected chi connectivity index (χ3v) is 6.03. The van der Waals surface area contributed by atoms with Gasteiger partial charge in [0.05, 0.1) is 0 Å². The molecule has 0 aliphatic carbocycles. The van der Waals surface area contributed by atoms with Crippen LogP contribution in [0.5, 0.6) is 0 Å². The molecule has 1 atom stereocenters. The molecule has 0 amide bonds. The third-order valence-electron chi connectivity index (χ3n) is 2.16. The summed E-state index contributed by atoms with van der Waals surface area (Å²) >= 11 is 22.8. The highest BCUT2D eigenvalue weighted by Gasteiger charge is 2.42. The fourth-order valence-corrected chi connectivity index (χ4v) is 3.94. The summed E-state index contributed by atoms with van der Waals surface area (Å²) in [5.41, 5.74) is -1.25. The van der Waals surface area contributed by atoms with Crippen molar-refractivity contribution in [3.8, 4) is 0 Å². The number of alkyl halides is 4. The normalized spacial score (nSPS) is 15.6. The van der Waals surface area contributed by atoms with Gasteiger partial charge in [-0.2, -0.15) is 17.0 Å². The van der Waals surface area contributed by atoms with E-state index in [1.807, 2.05) is 0 Å². The van der Waals surface area contributed by atoms with Gasteiger partial charge < -0.3 is 0 Å². The average molecular weight is 346 g/mol. The van der Waals surface area contributed by atoms with Gasteiger partial charge in [-0.15, -0.1) is 0 Å². The van der Waals surface area contributed by atoms with E-state index in [0.717, 1.165) is 4.31 Å². The van der Waals surface area contributed by atoms with Crippen LogP contribution in [0.2, 0.25) is 0 Å². The quantitative estimate of drug-likeness (QED) is 0.548. The van der Waals surface area contributed by atoms with Gasteiger partial charge in [0, 0.05) is 19.6 Å². The largest absolute Gasteiger partial charge is 0.283 e. The summed E-state index contributed by atoms with van der Waals surface area (Å²) in [5, 5.41) is 0. The lowest BCUT2D eigenvalue weighted by molar-refractivity contribution is 0.343. The molecular weight excluding hydrogens is 330 g/mol. The van der Waals surface area contributed by atoms with E-state index in [9.17, 15) is 8.42 Å². The highest BCUT2D eigenvalue weighted by molar-refractivity contribution is 7.86. The summed E-state index contributed by atoms with van der Waals surface area (Å²) in [6.07, 6.45) is 0. The van der Waals surface area contributed by atoms with Crippen LogP contribution in [0.25, 0.3) is 0 Å². The molecule has 0 aromatic carbocycles. The first-order valence-electron chi connectivity index (χ1n) is 5.10. The molecule has 104 valence electrons.